The van der Waals surface area contributed by atoms with Gasteiger partial charge in [-0.2, -0.15) is 0 Å². The molecule has 1 fully saturated rings. The van der Waals surface area contributed by atoms with E-state index in [1.54, 1.807) is 6.20 Å². The minimum atomic E-state index is 0.373. The van der Waals surface area contributed by atoms with Crippen molar-refractivity contribution in [2.24, 2.45) is 0 Å². The summed E-state index contributed by atoms with van der Waals surface area (Å²) in [6.07, 6.45) is 5.32. The largest absolute Gasteiger partial charge is 0.420 e. The summed E-state index contributed by atoms with van der Waals surface area (Å²) >= 11 is 0. The quantitative estimate of drug-likeness (QED) is 0.859. The third kappa shape index (κ3) is 2.11. The minimum Gasteiger partial charge on any atom is -0.420 e. The number of piperidine rings is 1. The molecule has 2 aromatic heterocycles. The van der Waals surface area contributed by atoms with E-state index in [0.717, 1.165) is 43.1 Å². The lowest BCUT2D eigenvalue weighted by Gasteiger charge is -2.18. The molecular formula is C12H15N5O. The second kappa shape index (κ2) is 4.81. The Labute approximate surface area is 105 Å². The van der Waals surface area contributed by atoms with Crippen molar-refractivity contribution in [2.75, 3.05) is 13.1 Å². The van der Waals surface area contributed by atoms with Crippen LogP contribution in [0, 0.1) is 6.92 Å². The molecule has 1 saturated heterocycles. The highest BCUT2D eigenvalue weighted by molar-refractivity contribution is 5.53. The molecule has 18 heavy (non-hydrogen) atoms. The van der Waals surface area contributed by atoms with Crippen molar-refractivity contribution in [3.63, 3.8) is 0 Å². The number of nitrogens with one attached hydrogen (secondary N) is 1. The van der Waals surface area contributed by atoms with Crippen LogP contribution in [-0.4, -0.2) is 33.3 Å². The van der Waals surface area contributed by atoms with Crippen molar-refractivity contribution in [3.8, 4) is 11.5 Å². The Kier molecular flexibility index (Phi) is 3.02. The average molecular weight is 245 g/mol. The molecule has 0 radical (unpaired) electrons. The van der Waals surface area contributed by atoms with E-state index in [9.17, 15) is 0 Å². The number of aryl methyl sites for hydroxylation is 1. The van der Waals surface area contributed by atoms with Gasteiger partial charge in [0.25, 0.3) is 5.89 Å². The summed E-state index contributed by atoms with van der Waals surface area (Å²) in [6.45, 7) is 3.93. The van der Waals surface area contributed by atoms with E-state index in [2.05, 4.69) is 25.5 Å². The SMILES string of the molecule is Cc1ncncc1-c1nnc(C2CCNCC2)o1. The molecule has 0 aliphatic carbocycles. The first kappa shape index (κ1) is 11.3. The molecular weight excluding hydrogens is 230 g/mol. The van der Waals surface area contributed by atoms with Crippen LogP contribution in [0.25, 0.3) is 11.5 Å². The van der Waals surface area contributed by atoms with Gasteiger partial charge >= 0.3 is 0 Å². The molecule has 0 bridgehead atoms. The van der Waals surface area contributed by atoms with Crippen LogP contribution in [0.3, 0.4) is 0 Å². The molecule has 3 heterocycles. The summed E-state index contributed by atoms with van der Waals surface area (Å²) < 4.78 is 5.76. The van der Waals surface area contributed by atoms with Gasteiger partial charge < -0.3 is 9.73 Å². The zero-order chi connectivity index (χ0) is 12.4. The van der Waals surface area contributed by atoms with E-state index in [1.165, 1.54) is 6.33 Å². The Morgan fingerprint density at radius 3 is 2.89 bits per heavy atom. The van der Waals surface area contributed by atoms with Gasteiger partial charge in [-0.3, -0.25) is 0 Å². The van der Waals surface area contributed by atoms with Gasteiger partial charge in [-0.25, -0.2) is 9.97 Å². The van der Waals surface area contributed by atoms with E-state index in [0.29, 0.717) is 11.8 Å². The Bertz CT molecular complexity index is 533. The molecule has 0 atom stereocenters. The van der Waals surface area contributed by atoms with E-state index in [4.69, 9.17) is 4.42 Å². The van der Waals surface area contributed by atoms with Gasteiger partial charge in [0.2, 0.25) is 5.89 Å². The van der Waals surface area contributed by atoms with Crippen molar-refractivity contribution in [1.82, 2.24) is 25.5 Å². The fourth-order valence-corrected chi connectivity index (χ4v) is 2.18. The maximum atomic E-state index is 5.76. The molecule has 6 heteroatoms. The third-order valence-corrected chi connectivity index (χ3v) is 3.27. The molecule has 2 aromatic rings. The smallest absolute Gasteiger partial charge is 0.251 e. The molecule has 6 nitrogen and oxygen atoms in total. The van der Waals surface area contributed by atoms with Crippen molar-refractivity contribution in [3.05, 3.63) is 24.1 Å². The Morgan fingerprint density at radius 1 is 1.28 bits per heavy atom. The first-order valence-electron chi connectivity index (χ1n) is 6.15. The second-order valence-corrected chi connectivity index (χ2v) is 4.49. The normalized spacial score (nSPS) is 16.9. The van der Waals surface area contributed by atoms with Gasteiger partial charge in [0, 0.05) is 12.1 Å². The maximum Gasteiger partial charge on any atom is 0.251 e. The first-order chi connectivity index (χ1) is 8.84. The third-order valence-electron chi connectivity index (χ3n) is 3.27. The van der Waals surface area contributed by atoms with Gasteiger partial charge in [-0.05, 0) is 32.9 Å². The topological polar surface area (TPSA) is 76.7 Å². The van der Waals surface area contributed by atoms with Crippen molar-refractivity contribution < 1.29 is 4.42 Å². The van der Waals surface area contributed by atoms with Gasteiger partial charge in [0.15, 0.2) is 0 Å². The summed E-state index contributed by atoms with van der Waals surface area (Å²) in [6, 6.07) is 0. The van der Waals surface area contributed by atoms with Crippen LogP contribution in [0.1, 0.15) is 30.3 Å². The molecule has 0 amide bonds. The van der Waals surface area contributed by atoms with E-state index in [-0.39, 0.29) is 0 Å². The number of nitrogens with zero attached hydrogens (tertiary/aromatic N) is 4. The van der Waals surface area contributed by atoms with Gasteiger partial charge in [0.05, 0.1) is 11.3 Å². The van der Waals surface area contributed by atoms with Gasteiger partial charge in [0.1, 0.15) is 6.33 Å². The van der Waals surface area contributed by atoms with Gasteiger partial charge in [-0.15, -0.1) is 10.2 Å². The fourth-order valence-electron chi connectivity index (χ4n) is 2.18. The lowest BCUT2D eigenvalue weighted by Crippen LogP contribution is -2.26. The summed E-state index contributed by atoms with van der Waals surface area (Å²) in [5, 5.41) is 11.6. The van der Waals surface area contributed by atoms with Crippen LogP contribution in [0.5, 0.6) is 0 Å². The van der Waals surface area contributed by atoms with Crippen LogP contribution >= 0.6 is 0 Å². The molecule has 3 rings (SSSR count). The molecule has 1 aliphatic heterocycles. The zero-order valence-electron chi connectivity index (χ0n) is 10.3. The fraction of sp³-hybridized carbons (Fsp3) is 0.500. The van der Waals surface area contributed by atoms with Crippen LogP contribution in [0.4, 0.5) is 0 Å². The number of rotatable bonds is 2. The molecule has 1 aliphatic rings. The van der Waals surface area contributed by atoms with Crippen LogP contribution in [0.15, 0.2) is 16.9 Å². The second-order valence-electron chi connectivity index (χ2n) is 4.49. The highest BCUT2D eigenvalue weighted by atomic mass is 16.4. The Hall–Kier alpha value is -1.82. The van der Waals surface area contributed by atoms with Crippen LogP contribution in [0.2, 0.25) is 0 Å². The number of hydrogen-bond donors (Lipinski definition) is 1. The highest BCUT2D eigenvalue weighted by Gasteiger charge is 2.22. The van der Waals surface area contributed by atoms with E-state index in [1.807, 2.05) is 6.92 Å². The highest BCUT2D eigenvalue weighted by Crippen LogP contribution is 2.27. The van der Waals surface area contributed by atoms with Crippen molar-refractivity contribution in [1.29, 1.82) is 0 Å². The van der Waals surface area contributed by atoms with E-state index >= 15 is 0 Å². The predicted octanol–water partition coefficient (Wildman–Crippen LogP) is 1.30. The van der Waals surface area contributed by atoms with Gasteiger partial charge in [-0.1, -0.05) is 0 Å². The molecule has 94 valence electrons. The van der Waals surface area contributed by atoms with Crippen molar-refractivity contribution >= 4 is 0 Å². The predicted molar refractivity (Wildman–Crippen MR) is 64.9 cm³/mol. The average Bonchev–Trinajstić information content (AvgIpc) is 2.90. The lowest BCUT2D eigenvalue weighted by molar-refractivity contribution is 0.378. The number of hydrogen-bond acceptors (Lipinski definition) is 6. The van der Waals surface area contributed by atoms with Crippen LogP contribution in [-0.2, 0) is 0 Å². The summed E-state index contributed by atoms with van der Waals surface area (Å²) in [7, 11) is 0. The maximum absolute atomic E-state index is 5.76. The minimum absolute atomic E-state index is 0.373. The Balaban J connectivity index is 1.87. The Morgan fingerprint density at radius 2 is 2.11 bits per heavy atom. The van der Waals surface area contributed by atoms with Crippen molar-refractivity contribution in [2.45, 2.75) is 25.7 Å². The molecule has 1 N–H and O–H groups in total. The molecule has 0 unspecified atom stereocenters. The summed E-state index contributed by atoms with van der Waals surface area (Å²) in [5.41, 5.74) is 1.66. The van der Waals surface area contributed by atoms with Crippen LogP contribution < -0.4 is 5.32 Å². The number of aromatic nitrogens is 4. The molecule has 0 spiro atoms. The summed E-state index contributed by atoms with van der Waals surface area (Å²) in [4.78, 5) is 8.12. The van der Waals surface area contributed by atoms with E-state index < -0.39 is 0 Å². The lowest BCUT2D eigenvalue weighted by atomic mass is 9.98. The summed E-state index contributed by atoms with van der Waals surface area (Å²) in [5.74, 6) is 1.62. The molecule has 0 aromatic carbocycles. The monoisotopic (exact) mass is 245 g/mol. The molecule has 0 saturated carbocycles. The zero-order valence-corrected chi connectivity index (χ0v) is 10.3. The standard InChI is InChI=1S/C12H15N5O/c1-8-10(6-14-7-15-8)12-17-16-11(18-12)9-2-4-13-5-3-9/h6-7,9,13H,2-5H2,1H3. The first-order valence-corrected chi connectivity index (χ1v) is 6.15.